The maximum atomic E-state index is 12.4. The number of amides is 1. The number of aromatic nitrogens is 2. The van der Waals surface area contributed by atoms with E-state index >= 15 is 0 Å². The van der Waals surface area contributed by atoms with Gasteiger partial charge in [0.1, 0.15) is 5.69 Å². The topological polar surface area (TPSA) is 83.4 Å². The first kappa shape index (κ1) is 16.4. The van der Waals surface area contributed by atoms with Gasteiger partial charge >= 0.3 is 5.97 Å². The Hall–Kier alpha value is -2.47. The summed E-state index contributed by atoms with van der Waals surface area (Å²) < 4.78 is 0. The third-order valence-electron chi connectivity index (χ3n) is 4.21. The highest BCUT2D eigenvalue weighted by atomic mass is 35.5. The molecular weight excluding hydrogens is 330 g/mol. The van der Waals surface area contributed by atoms with E-state index in [0.717, 1.165) is 24.1 Å². The van der Waals surface area contributed by atoms with E-state index in [1.165, 1.54) is 11.8 Å². The van der Waals surface area contributed by atoms with E-state index in [-0.39, 0.29) is 17.3 Å². The van der Waals surface area contributed by atoms with Crippen molar-refractivity contribution in [3.63, 3.8) is 0 Å². The lowest BCUT2D eigenvalue weighted by Gasteiger charge is -2.32. The number of carbonyl (C=O) groups excluding carboxylic acids is 1. The molecular formula is C17H16ClN3O3. The van der Waals surface area contributed by atoms with E-state index in [9.17, 15) is 9.59 Å². The van der Waals surface area contributed by atoms with Crippen molar-refractivity contribution in [2.45, 2.75) is 18.8 Å². The zero-order valence-electron chi connectivity index (χ0n) is 12.9. The van der Waals surface area contributed by atoms with Gasteiger partial charge in [0.25, 0.3) is 5.91 Å². The van der Waals surface area contributed by atoms with E-state index in [2.05, 4.69) is 9.97 Å². The van der Waals surface area contributed by atoms with Crippen molar-refractivity contribution in [3.05, 3.63) is 58.6 Å². The highest BCUT2D eigenvalue weighted by Crippen LogP contribution is 2.29. The minimum atomic E-state index is -1.16. The second kappa shape index (κ2) is 6.97. The van der Waals surface area contributed by atoms with Gasteiger partial charge in [-0.1, -0.05) is 23.7 Å². The molecule has 0 radical (unpaired) electrons. The highest BCUT2D eigenvalue weighted by molar-refractivity contribution is 6.30. The standard InChI is InChI=1S/C17H16ClN3O3/c18-13-3-1-11(2-4-13)12-5-7-21(8-6-12)16(22)14-9-20-15(10-19-14)17(23)24/h1-4,9-10,12H,5-8H2,(H,23,24). The van der Waals surface area contributed by atoms with Gasteiger partial charge in [-0.3, -0.25) is 4.79 Å². The van der Waals surface area contributed by atoms with Crippen molar-refractivity contribution in [1.29, 1.82) is 0 Å². The molecule has 2 heterocycles. The summed E-state index contributed by atoms with van der Waals surface area (Å²) in [5.74, 6) is -0.967. The molecule has 0 saturated carbocycles. The van der Waals surface area contributed by atoms with E-state index in [1.54, 1.807) is 4.90 Å². The number of halogens is 1. The van der Waals surface area contributed by atoms with Crippen molar-refractivity contribution in [3.8, 4) is 0 Å². The number of hydrogen-bond donors (Lipinski definition) is 1. The monoisotopic (exact) mass is 345 g/mol. The van der Waals surface area contributed by atoms with Crippen LogP contribution in [0.3, 0.4) is 0 Å². The van der Waals surface area contributed by atoms with Crippen LogP contribution in [-0.4, -0.2) is 44.9 Å². The zero-order valence-corrected chi connectivity index (χ0v) is 13.6. The molecule has 0 spiro atoms. The smallest absolute Gasteiger partial charge is 0.356 e. The summed E-state index contributed by atoms with van der Waals surface area (Å²) in [5.41, 5.74) is 1.23. The molecule has 7 heteroatoms. The lowest BCUT2D eigenvalue weighted by molar-refractivity contribution is 0.0679. The number of carbonyl (C=O) groups is 2. The first-order valence-corrected chi connectivity index (χ1v) is 8.02. The summed E-state index contributed by atoms with van der Waals surface area (Å²) in [4.78, 5) is 32.6. The van der Waals surface area contributed by atoms with Crippen molar-refractivity contribution < 1.29 is 14.7 Å². The average molecular weight is 346 g/mol. The molecule has 0 bridgehead atoms. The van der Waals surface area contributed by atoms with Gasteiger partial charge in [0.15, 0.2) is 5.69 Å². The molecule has 0 atom stereocenters. The number of hydrogen-bond acceptors (Lipinski definition) is 4. The maximum absolute atomic E-state index is 12.4. The normalized spacial score (nSPS) is 15.3. The van der Waals surface area contributed by atoms with Crippen molar-refractivity contribution in [2.75, 3.05) is 13.1 Å². The van der Waals surface area contributed by atoms with Crippen LogP contribution in [0.25, 0.3) is 0 Å². The Labute approximate surface area is 144 Å². The Bertz CT molecular complexity index is 739. The summed E-state index contributed by atoms with van der Waals surface area (Å²) >= 11 is 5.91. The van der Waals surface area contributed by atoms with Gasteiger partial charge in [0.05, 0.1) is 12.4 Å². The highest BCUT2D eigenvalue weighted by Gasteiger charge is 2.25. The van der Waals surface area contributed by atoms with Gasteiger partial charge in [-0.15, -0.1) is 0 Å². The Balaban J connectivity index is 1.62. The zero-order chi connectivity index (χ0) is 17.1. The lowest BCUT2D eigenvalue weighted by atomic mass is 9.89. The number of benzene rings is 1. The molecule has 1 aliphatic heterocycles. The Morgan fingerprint density at radius 1 is 1.04 bits per heavy atom. The number of likely N-dealkylation sites (tertiary alicyclic amines) is 1. The average Bonchev–Trinajstić information content (AvgIpc) is 2.62. The minimum absolute atomic E-state index is 0.171. The predicted octanol–water partition coefficient (Wildman–Crippen LogP) is 2.85. The van der Waals surface area contributed by atoms with Crippen LogP contribution in [-0.2, 0) is 0 Å². The molecule has 1 aromatic heterocycles. The summed E-state index contributed by atoms with van der Waals surface area (Å²) in [6.45, 7) is 1.27. The van der Waals surface area contributed by atoms with E-state index < -0.39 is 5.97 Å². The first-order chi connectivity index (χ1) is 11.5. The molecule has 3 rings (SSSR count). The fraction of sp³-hybridized carbons (Fsp3) is 0.294. The fourth-order valence-corrected chi connectivity index (χ4v) is 2.99. The number of nitrogens with zero attached hydrogens (tertiary/aromatic N) is 3. The van der Waals surface area contributed by atoms with Gasteiger partial charge in [-0.05, 0) is 36.5 Å². The maximum Gasteiger partial charge on any atom is 0.356 e. The van der Waals surface area contributed by atoms with Crippen molar-refractivity contribution in [1.82, 2.24) is 14.9 Å². The van der Waals surface area contributed by atoms with Gasteiger partial charge in [-0.25, -0.2) is 14.8 Å². The van der Waals surface area contributed by atoms with E-state index in [0.29, 0.717) is 19.0 Å². The fourth-order valence-electron chi connectivity index (χ4n) is 2.86. The molecule has 124 valence electrons. The second-order valence-electron chi connectivity index (χ2n) is 5.71. The van der Waals surface area contributed by atoms with E-state index in [4.69, 9.17) is 16.7 Å². The van der Waals surface area contributed by atoms with Crippen LogP contribution in [0.5, 0.6) is 0 Å². The lowest BCUT2D eigenvalue weighted by Crippen LogP contribution is -2.38. The third kappa shape index (κ3) is 3.54. The summed E-state index contributed by atoms with van der Waals surface area (Å²) in [7, 11) is 0. The quantitative estimate of drug-likeness (QED) is 0.924. The van der Waals surface area contributed by atoms with Crippen LogP contribution in [0.15, 0.2) is 36.7 Å². The summed E-state index contributed by atoms with van der Waals surface area (Å²) in [6, 6.07) is 7.82. The predicted molar refractivity (Wildman–Crippen MR) is 88.3 cm³/mol. The molecule has 1 aliphatic rings. The SMILES string of the molecule is O=C(O)c1cnc(C(=O)N2CCC(c3ccc(Cl)cc3)CC2)cn1. The second-order valence-corrected chi connectivity index (χ2v) is 6.15. The number of rotatable bonds is 3. The van der Waals surface area contributed by atoms with Crippen LogP contribution >= 0.6 is 11.6 Å². The first-order valence-electron chi connectivity index (χ1n) is 7.64. The molecule has 1 amide bonds. The largest absolute Gasteiger partial charge is 0.476 e. The number of carboxylic acid groups (broad SMARTS) is 1. The molecule has 24 heavy (non-hydrogen) atoms. The molecule has 1 saturated heterocycles. The van der Waals surface area contributed by atoms with Crippen LogP contribution in [0.1, 0.15) is 45.3 Å². The number of piperidine rings is 1. The molecule has 0 aliphatic carbocycles. The number of carboxylic acids is 1. The van der Waals surface area contributed by atoms with Gasteiger partial charge in [0, 0.05) is 18.1 Å². The Morgan fingerprint density at radius 2 is 1.62 bits per heavy atom. The third-order valence-corrected chi connectivity index (χ3v) is 4.47. The van der Waals surface area contributed by atoms with Crippen LogP contribution in [0.2, 0.25) is 5.02 Å². The summed E-state index contributed by atoms with van der Waals surface area (Å²) in [5, 5.41) is 9.53. The van der Waals surface area contributed by atoms with Crippen LogP contribution in [0.4, 0.5) is 0 Å². The molecule has 2 aromatic rings. The van der Waals surface area contributed by atoms with Crippen LogP contribution in [0, 0.1) is 0 Å². The van der Waals surface area contributed by atoms with Gasteiger partial charge < -0.3 is 10.0 Å². The van der Waals surface area contributed by atoms with Crippen LogP contribution < -0.4 is 0 Å². The number of aromatic carboxylic acids is 1. The molecule has 1 aromatic carbocycles. The molecule has 1 N–H and O–H groups in total. The Morgan fingerprint density at radius 3 is 2.17 bits per heavy atom. The molecule has 0 unspecified atom stereocenters. The molecule has 6 nitrogen and oxygen atoms in total. The Kier molecular flexibility index (Phi) is 4.76. The minimum Gasteiger partial charge on any atom is -0.476 e. The van der Waals surface area contributed by atoms with Crippen molar-refractivity contribution >= 4 is 23.5 Å². The van der Waals surface area contributed by atoms with Gasteiger partial charge in [-0.2, -0.15) is 0 Å². The molecule has 1 fully saturated rings. The summed E-state index contributed by atoms with van der Waals surface area (Å²) in [6.07, 6.45) is 4.06. The van der Waals surface area contributed by atoms with E-state index in [1.807, 2.05) is 24.3 Å². The van der Waals surface area contributed by atoms with Crippen molar-refractivity contribution in [2.24, 2.45) is 0 Å². The van der Waals surface area contributed by atoms with Gasteiger partial charge in [0.2, 0.25) is 0 Å².